The summed E-state index contributed by atoms with van der Waals surface area (Å²) in [5.41, 5.74) is 0. The molecule has 0 unspecified atom stereocenters. The summed E-state index contributed by atoms with van der Waals surface area (Å²) in [6, 6.07) is 4.19. The normalized spacial score (nSPS) is 12.5. The van der Waals surface area contributed by atoms with Gasteiger partial charge in [0.05, 0.1) is 4.90 Å². The van der Waals surface area contributed by atoms with E-state index in [1.807, 2.05) is 0 Å². The average molecular weight is 305 g/mol. The SMILES string of the molecule is O=C(Sc1ccc(S(=O)(=O)Cl)cc1)C(F)(F)F. The van der Waals surface area contributed by atoms with E-state index in [-0.39, 0.29) is 21.6 Å². The lowest BCUT2D eigenvalue weighted by Crippen LogP contribution is -2.18. The highest BCUT2D eigenvalue weighted by Gasteiger charge is 2.39. The van der Waals surface area contributed by atoms with E-state index >= 15 is 0 Å². The third kappa shape index (κ3) is 4.21. The second kappa shape index (κ2) is 4.87. The molecule has 1 aromatic carbocycles. The monoisotopic (exact) mass is 304 g/mol. The zero-order valence-electron chi connectivity index (χ0n) is 7.86. The predicted molar refractivity (Wildman–Crippen MR) is 56.4 cm³/mol. The third-order valence-electron chi connectivity index (χ3n) is 1.55. The number of carbonyl (C=O) groups excluding carboxylic acids is 1. The summed E-state index contributed by atoms with van der Waals surface area (Å²) in [5, 5.41) is -1.97. The topological polar surface area (TPSA) is 51.2 Å². The highest BCUT2D eigenvalue weighted by atomic mass is 35.7. The molecule has 0 aliphatic rings. The first-order chi connectivity index (χ1) is 7.60. The van der Waals surface area contributed by atoms with Gasteiger partial charge < -0.3 is 0 Å². The van der Waals surface area contributed by atoms with Crippen molar-refractivity contribution in [3.05, 3.63) is 24.3 Å². The van der Waals surface area contributed by atoms with Crippen LogP contribution in [-0.4, -0.2) is 19.7 Å². The van der Waals surface area contributed by atoms with E-state index in [9.17, 15) is 26.4 Å². The van der Waals surface area contributed by atoms with Gasteiger partial charge in [0.25, 0.3) is 14.2 Å². The molecule has 0 atom stereocenters. The number of hydrogen-bond donors (Lipinski definition) is 0. The lowest BCUT2D eigenvalue weighted by Gasteiger charge is -2.04. The maximum absolute atomic E-state index is 11.9. The van der Waals surface area contributed by atoms with Crippen molar-refractivity contribution in [3.63, 3.8) is 0 Å². The Kier molecular flexibility index (Phi) is 4.11. The first kappa shape index (κ1) is 14.3. The molecule has 0 bridgehead atoms. The van der Waals surface area contributed by atoms with E-state index in [0.29, 0.717) is 0 Å². The Bertz CT molecular complexity index is 522. The van der Waals surface area contributed by atoms with E-state index in [1.165, 1.54) is 0 Å². The van der Waals surface area contributed by atoms with Gasteiger partial charge in [-0.1, -0.05) is 0 Å². The summed E-state index contributed by atoms with van der Waals surface area (Å²) in [6.07, 6.45) is -4.93. The van der Waals surface area contributed by atoms with Crippen molar-refractivity contribution in [1.82, 2.24) is 0 Å². The number of hydrogen-bond acceptors (Lipinski definition) is 4. The molecular formula is C8H4ClF3O3S2. The number of carbonyl (C=O) groups is 1. The summed E-state index contributed by atoms with van der Waals surface area (Å²) >= 11 is -0.0320. The number of rotatable bonds is 2. The molecule has 0 amide bonds. The van der Waals surface area contributed by atoms with Crippen molar-refractivity contribution < 1.29 is 26.4 Å². The predicted octanol–water partition coefficient (Wildman–Crippen LogP) is 2.80. The van der Waals surface area contributed by atoms with Gasteiger partial charge in [-0.3, -0.25) is 4.79 Å². The van der Waals surface area contributed by atoms with E-state index in [2.05, 4.69) is 0 Å². The minimum Gasteiger partial charge on any atom is -0.276 e. The van der Waals surface area contributed by atoms with Crippen LogP contribution < -0.4 is 0 Å². The molecule has 0 fully saturated rings. The molecule has 0 saturated heterocycles. The average Bonchev–Trinajstić information content (AvgIpc) is 2.15. The summed E-state index contributed by atoms with van der Waals surface area (Å²) < 4.78 is 57.4. The van der Waals surface area contributed by atoms with Crippen LogP contribution in [0.2, 0.25) is 0 Å². The Hall–Kier alpha value is -0.730. The lowest BCUT2D eigenvalue weighted by molar-refractivity contribution is -0.160. The van der Waals surface area contributed by atoms with Crippen LogP contribution in [0.5, 0.6) is 0 Å². The molecule has 0 spiro atoms. The van der Waals surface area contributed by atoms with Crippen LogP contribution in [0.4, 0.5) is 13.2 Å². The fourth-order valence-electron chi connectivity index (χ4n) is 0.835. The number of halogens is 4. The molecule has 0 N–H and O–H groups in total. The van der Waals surface area contributed by atoms with Gasteiger partial charge in [0.2, 0.25) is 0 Å². The Labute approximate surface area is 103 Å². The number of benzene rings is 1. The van der Waals surface area contributed by atoms with Crippen LogP contribution in [0.25, 0.3) is 0 Å². The first-order valence-corrected chi connectivity index (χ1v) is 7.07. The quantitative estimate of drug-likeness (QED) is 0.623. The summed E-state index contributed by atoms with van der Waals surface area (Å²) in [6.45, 7) is 0. The highest BCUT2D eigenvalue weighted by molar-refractivity contribution is 8.14. The van der Waals surface area contributed by atoms with Crippen LogP contribution in [0, 0.1) is 0 Å². The highest BCUT2D eigenvalue weighted by Crippen LogP contribution is 2.29. The lowest BCUT2D eigenvalue weighted by atomic mass is 10.4. The van der Waals surface area contributed by atoms with Crippen LogP contribution in [-0.2, 0) is 13.8 Å². The van der Waals surface area contributed by atoms with E-state index in [4.69, 9.17) is 10.7 Å². The second-order valence-electron chi connectivity index (χ2n) is 2.80. The molecule has 9 heteroatoms. The Morgan fingerprint density at radius 1 is 1.18 bits per heavy atom. The van der Waals surface area contributed by atoms with Gasteiger partial charge in [-0.2, -0.15) is 13.2 Å². The van der Waals surface area contributed by atoms with Crippen molar-refractivity contribution in [1.29, 1.82) is 0 Å². The molecule has 0 aromatic heterocycles. The molecule has 0 heterocycles. The molecular weight excluding hydrogens is 301 g/mol. The molecule has 0 saturated carbocycles. The number of thioether (sulfide) groups is 1. The smallest absolute Gasteiger partial charge is 0.276 e. The van der Waals surface area contributed by atoms with Gasteiger partial charge >= 0.3 is 6.18 Å². The van der Waals surface area contributed by atoms with Crippen LogP contribution in [0.1, 0.15) is 0 Å². The molecule has 0 aliphatic heterocycles. The van der Waals surface area contributed by atoms with Gasteiger partial charge in [-0.05, 0) is 36.0 Å². The van der Waals surface area contributed by atoms with Crippen molar-refractivity contribution >= 4 is 36.6 Å². The van der Waals surface area contributed by atoms with Gasteiger partial charge in [0, 0.05) is 15.6 Å². The van der Waals surface area contributed by atoms with Gasteiger partial charge in [0.15, 0.2) is 0 Å². The minimum atomic E-state index is -4.93. The second-order valence-corrected chi connectivity index (χ2v) is 6.41. The van der Waals surface area contributed by atoms with Crippen LogP contribution in [0.3, 0.4) is 0 Å². The Balaban J connectivity index is 2.87. The molecule has 1 rings (SSSR count). The first-order valence-electron chi connectivity index (χ1n) is 3.94. The molecule has 94 valence electrons. The van der Waals surface area contributed by atoms with Gasteiger partial charge in [0.1, 0.15) is 0 Å². The molecule has 0 radical (unpaired) electrons. The Morgan fingerprint density at radius 2 is 1.65 bits per heavy atom. The zero-order chi connectivity index (χ0) is 13.3. The summed E-state index contributed by atoms with van der Waals surface area (Å²) in [4.78, 5) is 10.3. The number of alkyl halides is 3. The van der Waals surface area contributed by atoms with Crippen molar-refractivity contribution in [2.24, 2.45) is 0 Å². The van der Waals surface area contributed by atoms with Crippen molar-refractivity contribution in [2.45, 2.75) is 16.0 Å². The van der Waals surface area contributed by atoms with Gasteiger partial charge in [-0.25, -0.2) is 8.42 Å². The Morgan fingerprint density at radius 3 is 2.00 bits per heavy atom. The summed E-state index contributed by atoms with van der Waals surface area (Å²) in [7, 11) is 1.09. The van der Waals surface area contributed by atoms with Crippen molar-refractivity contribution in [2.75, 3.05) is 0 Å². The van der Waals surface area contributed by atoms with E-state index in [1.54, 1.807) is 0 Å². The standard InChI is InChI=1S/C8H4ClF3O3S2/c9-17(14,15)6-3-1-5(2-4-6)16-7(13)8(10,11)12/h1-4H. The zero-order valence-corrected chi connectivity index (χ0v) is 10.3. The molecule has 0 aliphatic carbocycles. The van der Waals surface area contributed by atoms with Crippen LogP contribution >= 0.6 is 22.4 Å². The fraction of sp³-hybridized carbons (Fsp3) is 0.125. The maximum Gasteiger partial charge on any atom is 0.461 e. The fourth-order valence-corrected chi connectivity index (χ4v) is 2.21. The molecule has 17 heavy (non-hydrogen) atoms. The third-order valence-corrected chi connectivity index (χ3v) is 3.84. The van der Waals surface area contributed by atoms with Crippen LogP contribution in [0.15, 0.2) is 34.1 Å². The largest absolute Gasteiger partial charge is 0.461 e. The van der Waals surface area contributed by atoms with E-state index < -0.39 is 20.3 Å². The van der Waals surface area contributed by atoms with E-state index in [0.717, 1.165) is 24.3 Å². The van der Waals surface area contributed by atoms with Crippen molar-refractivity contribution in [3.8, 4) is 0 Å². The minimum absolute atomic E-state index is 0.0172. The summed E-state index contributed by atoms with van der Waals surface area (Å²) in [5.74, 6) is 0. The van der Waals surface area contributed by atoms with Gasteiger partial charge in [-0.15, -0.1) is 0 Å². The molecule has 3 nitrogen and oxygen atoms in total. The maximum atomic E-state index is 11.9. The molecule has 1 aromatic rings.